The van der Waals surface area contributed by atoms with Crippen molar-refractivity contribution in [2.75, 3.05) is 0 Å². The van der Waals surface area contributed by atoms with E-state index in [4.69, 9.17) is 51.8 Å². The standard InChI is InChI=1S/C15H8Cl4N2S.ClH/c16-9-3-1-8(2-4-9)14-7-22-15(20)21(14)13-6-11(18)10(17)5-12(13)19;/h1-7,20H;1H. The highest BCUT2D eigenvalue weighted by Crippen LogP contribution is 2.33. The Hall–Kier alpha value is -0.680. The zero-order valence-electron chi connectivity index (χ0n) is 11.3. The fourth-order valence-electron chi connectivity index (χ4n) is 2.07. The summed E-state index contributed by atoms with van der Waals surface area (Å²) in [5, 5.41) is 11.9. The lowest BCUT2D eigenvalue weighted by molar-refractivity contribution is 0.987. The molecule has 0 unspecified atom stereocenters. The van der Waals surface area contributed by atoms with Crippen LogP contribution in [0.3, 0.4) is 0 Å². The Balaban J connectivity index is 0.00000192. The second kappa shape index (κ2) is 7.47. The first-order chi connectivity index (χ1) is 10.5. The molecule has 0 radical (unpaired) electrons. The fraction of sp³-hybridized carbons (Fsp3) is 0. The maximum absolute atomic E-state index is 8.16. The van der Waals surface area contributed by atoms with Gasteiger partial charge in [0.05, 0.1) is 26.4 Å². The Morgan fingerprint density at radius 2 is 1.48 bits per heavy atom. The van der Waals surface area contributed by atoms with E-state index in [-0.39, 0.29) is 12.4 Å². The van der Waals surface area contributed by atoms with Gasteiger partial charge in [0.2, 0.25) is 0 Å². The van der Waals surface area contributed by atoms with Gasteiger partial charge in [-0.25, -0.2) is 0 Å². The Morgan fingerprint density at radius 1 is 0.870 bits per heavy atom. The Morgan fingerprint density at radius 3 is 2.13 bits per heavy atom. The van der Waals surface area contributed by atoms with Gasteiger partial charge in [0, 0.05) is 10.4 Å². The summed E-state index contributed by atoms with van der Waals surface area (Å²) in [5.74, 6) is 0. The predicted octanol–water partition coefficient (Wildman–Crippen LogP) is 6.72. The molecule has 0 aliphatic heterocycles. The third-order valence-electron chi connectivity index (χ3n) is 3.10. The van der Waals surface area contributed by atoms with Crippen molar-refractivity contribution in [3.63, 3.8) is 0 Å². The molecule has 0 saturated carbocycles. The Bertz CT molecular complexity index is 899. The van der Waals surface area contributed by atoms with Crippen LogP contribution in [0.5, 0.6) is 0 Å². The molecular formula is C15H9Cl5N2S. The maximum atomic E-state index is 8.16. The molecule has 23 heavy (non-hydrogen) atoms. The topological polar surface area (TPSA) is 28.8 Å². The van der Waals surface area contributed by atoms with Gasteiger partial charge in [0.25, 0.3) is 0 Å². The summed E-state index contributed by atoms with van der Waals surface area (Å²) >= 11 is 25.6. The van der Waals surface area contributed by atoms with Crippen molar-refractivity contribution >= 4 is 70.1 Å². The molecule has 1 heterocycles. The molecule has 1 N–H and O–H groups in total. The van der Waals surface area contributed by atoms with Crippen LogP contribution < -0.4 is 4.80 Å². The summed E-state index contributed by atoms with van der Waals surface area (Å²) in [6.07, 6.45) is 0. The first-order valence-electron chi connectivity index (χ1n) is 6.13. The number of hydrogen-bond acceptors (Lipinski definition) is 2. The largest absolute Gasteiger partial charge is 0.284 e. The number of hydrogen-bond donors (Lipinski definition) is 1. The van der Waals surface area contributed by atoms with Crippen LogP contribution in [0.1, 0.15) is 0 Å². The molecule has 120 valence electrons. The molecule has 8 heteroatoms. The minimum atomic E-state index is 0. The monoisotopic (exact) mass is 424 g/mol. The quantitative estimate of drug-likeness (QED) is 0.441. The average molecular weight is 427 g/mol. The maximum Gasteiger partial charge on any atom is 0.187 e. The predicted molar refractivity (Wildman–Crippen MR) is 102 cm³/mol. The van der Waals surface area contributed by atoms with Crippen molar-refractivity contribution in [1.29, 1.82) is 5.41 Å². The molecule has 0 bridgehead atoms. The van der Waals surface area contributed by atoms with Gasteiger partial charge in [-0.3, -0.25) is 9.98 Å². The Labute approximate surface area is 163 Å². The fourth-order valence-corrected chi connectivity index (χ4v) is 3.59. The molecule has 3 rings (SSSR count). The molecule has 2 aromatic carbocycles. The number of halogens is 5. The van der Waals surface area contributed by atoms with Crippen LogP contribution in [0.2, 0.25) is 20.1 Å². The molecule has 0 amide bonds. The van der Waals surface area contributed by atoms with Crippen molar-refractivity contribution in [1.82, 2.24) is 4.57 Å². The SMILES string of the molecule is Cl.N=c1scc(-c2ccc(Cl)cc2)n1-c1cc(Cl)c(Cl)cc1Cl. The van der Waals surface area contributed by atoms with Gasteiger partial charge in [0.1, 0.15) is 0 Å². The second-order valence-corrected chi connectivity index (χ2v) is 7.00. The molecule has 1 aromatic heterocycles. The summed E-state index contributed by atoms with van der Waals surface area (Å²) in [7, 11) is 0. The van der Waals surface area contributed by atoms with E-state index < -0.39 is 0 Å². The second-order valence-electron chi connectivity index (χ2n) is 4.49. The van der Waals surface area contributed by atoms with Crippen molar-refractivity contribution in [3.8, 4) is 16.9 Å². The van der Waals surface area contributed by atoms with E-state index in [1.165, 1.54) is 11.3 Å². The smallest absolute Gasteiger partial charge is 0.187 e. The van der Waals surface area contributed by atoms with Gasteiger partial charge in [-0.2, -0.15) is 0 Å². The van der Waals surface area contributed by atoms with Crippen LogP contribution in [0.15, 0.2) is 41.8 Å². The number of aromatic nitrogens is 1. The van der Waals surface area contributed by atoms with Crippen LogP contribution >= 0.6 is 70.1 Å². The highest BCUT2D eigenvalue weighted by molar-refractivity contribution is 7.07. The van der Waals surface area contributed by atoms with Crippen LogP contribution in [0, 0.1) is 5.41 Å². The lowest BCUT2D eigenvalue weighted by Crippen LogP contribution is -2.12. The third kappa shape index (κ3) is 3.71. The van der Waals surface area contributed by atoms with Crippen LogP contribution in [-0.2, 0) is 0 Å². The number of thiazole rings is 1. The third-order valence-corrected chi connectivity index (χ3v) is 5.12. The highest BCUT2D eigenvalue weighted by Gasteiger charge is 2.14. The number of benzene rings is 2. The summed E-state index contributed by atoms with van der Waals surface area (Å²) in [4.78, 5) is 0.338. The first-order valence-corrected chi connectivity index (χ1v) is 8.52. The number of nitrogens with one attached hydrogen (secondary N) is 1. The van der Waals surface area contributed by atoms with E-state index >= 15 is 0 Å². The molecule has 0 aliphatic carbocycles. The van der Waals surface area contributed by atoms with Crippen LogP contribution in [0.25, 0.3) is 16.9 Å². The summed E-state index contributed by atoms with van der Waals surface area (Å²) in [5.41, 5.74) is 2.39. The van der Waals surface area contributed by atoms with E-state index in [9.17, 15) is 0 Å². The lowest BCUT2D eigenvalue weighted by Gasteiger charge is -2.12. The highest BCUT2D eigenvalue weighted by atomic mass is 35.5. The molecular weight excluding hydrogens is 418 g/mol. The molecule has 3 aromatic rings. The van der Waals surface area contributed by atoms with Gasteiger partial charge in [-0.05, 0) is 29.8 Å². The lowest BCUT2D eigenvalue weighted by atomic mass is 10.1. The van der Waals surface area contributed by atoms with Gasteiger partial charge < -0.3 is 0 Å². The van der Waals surface area contributed by atoms with Crippen LogP contribution in [0.4, 0.5) is 0 Å². The summed E-state index contributed by atoms with van der Waals surface area (Å²) in [6.45, 7) is 0. The van der Waals surface area contributed by atoms with Crippen molar-refractivity contribution in [3.05, 3.63) is 66.7 Å². The van der Waals surface area contributed by atoms with Crippen molar-refractivity contribution < 1.29 is 0 Å². The normalized spacial score (nSPS) is 10.4. The zero-order chi connectivity index (χ0) is 15.9. The van der Waals surface area contributed by atoms with Crippen LogP contribution in [-0.4, -0.2) is 4.57 Å². The number of rotatable bonds is 2. The van der Waals surface area contributed by atoms with Gasteiger partial charge in [-0.1, -0.05) is 58.5 Å². The van der Waals surface area contributed by atoms with Gasteiger partial charge in [-0.15, -0.1) is 23.7 Å². The molecule has 0 atom stereocenters. The first kappa shape index (κ1) is 18.7. The Kier molecular flexibility index (Phi) is 6.06. The molecule has 2 nitrogen and oxygen atoms in total. The van der Waals surface area contributed by atoms with Gasteiger partial charge >= 0.3 is 0 Å². The van der Waals surface area contributed by atoms with Crippen molar-refractivity contribution in [2.24, 2.45) is 0 Å². The van der Waals surface area contributed by atoms with E-state index in [0.717, 1.165) is 11.3 Å². The minimum absolute atomic E-state index is 0. The minimum Gasteiger partial charge on any atom is -0.284 e. The average Bonchev–Trinajstić information content (AvgIpc) is 2.85. The number of nitrogens with zero attached hydrogens (tertiary/aromatic N) is 1. The summed E-state index contributed by atoms with van der Waals surface area (Å²) in [6, 6.07) is 10.6. The van der Waals surface area contributed by atoms with E-state index in [1.807, 2.05) is 17.5 Å². The van der Waals surface area contributed by atoms with E-state index in [2.05, 4.69) is 0 Å². The van der Waals surface area contributed by atoms with Gasteiger partial charge in [0.15, 0.2) is 4.80 Å². The van der Waals surface area contributed by atoms with E-state index in [1.54, 1.807) is 28.8 Å². The zero-order valence-corrected chi connectivity index (χ0v) is 16.0. The molecule has 0 saturated heterocycles. The molecule has 0 spiro atoms. The summed E-state index contributed by atoms with van der Waals surface area (Å²) < 4.78 is 1.73. The molecule has 0 aliphatic rings. The van der Waals surface area contributed by atoms with Crippen molar-refractivity contribution in [2.45, 2.75) is 0 Å². The molecule has 0 fully saturated rings. The van der Waals surface area contributed by atoms with E-state index in [0.29, 0.717) is 30.6 Å².